The van der Waals surface area contributed by atoms with Crippen LogP contribution < -0.4 is 5.73 Å². The molecular weight excluding hydrogens is 300 g/mol. The molecule has 0 aliphatic carbocycles. The summed E-state index contributed by atoms with van der Waals surface area (Å²) in [7, 11) is 0. The molecule has 9 heteroatoms. The van der Waals surface area contributed by atoms with Crippen molar-refractivity contribution >= 4 is 35.4 Å². The van der Waals surface area contributed by atoms with E-state index in [2.05, 4.69) is 0 Å². The molecule has 3 N–H and O–H groups in total. The Balaban J connectivity index is 2.35. The number of carboxylic acid groups (broad SMARTS) is 1. The maximum Gasteiger partial charge on any atom is 0.352 e. The molecule has 21 heavy (non-hydrogen) atoms. The van der Waals surface area contributed by atoms with Crippen LogP contribution in [0.1, 0.15) is 13.8 Å². The Hall–Kier alpha value is -1.87. The first-order valence-corrected chi connectivity index (χ1v) is 7.10. The van der Waals surface area contributed by atoms with E-state index in [9.17, 15) is 24.3 Å². The molecule has 2 aliphatic heterocycles. The van der Waals surface area contributed by atoms with E-state index in [0.717, 1.165) is 4.90 Å². The second-order valence-corrected chi connectivity index (χ2v) is 5.87. The Labute approximate surface area is 124 Å². The van der Waals surface area contributed by atoms with Crippen molar-refractivity contribution in [1.82, 2.24) is 4.90 Å². The van der Waals surface area contributed by atoms with Crippen LogP contribution in [0.3, 0.4) is 0 Å². The Bertz CT molecular complexity index is 586. The Kier molecular flexibility index (Phi) is 3.81. The number of rotatable bonds is 4. The lowest BCUT2D eigenvalue weighted by Gasteiger charge is -2.54. The number of hydrogen-bond donors (Lipinski definition) is 2. The molecule has 2 aliphatic rings. The van der Waals surface area contributed by atoms with Crippen molar-refractivity contribution in [3.8, 4) is 0 Å². The van der Waals surface area contributed by atoms with Gasteiger partial charge >= 0.3 is 11.9 Å². The fourth-order valence-corrected chi connectivity index (χ4v) is 3.73. The minimum absolute atomic E-state index is 0.210. The molecule has 1 saturated heterocycles. The summed E-state index contributed by atoms with van der Waals surface area (Å²) in [5, 5.41) is 8.55. The third-order valence-electron chi connectivity index (χ3n) is 3.42. The zero-order chi connectivity index (χ0) is 15.9. The van der Waals surface area contributed by atoms with E-state index >= 15 is 0 Å². The van der Waals surface area contributed by atoms with Gasteiger partial charge < -0.3 is 15.6 Å². The third-order valence-corrected chi connectivity index (χ3v) is 4.84. The van der Waals surface area contributed by atoms with E-state index in [1.807, 2.05) is 0 Å². The average molecular weight is 314 g/mol. The van der Waals surface area contributed by atoms with Crippen LogP contribution in [0, 0.1) is 0 Å². The topological polar surface area (TPSA) is 127 Å². The lowest BCUT2D eigenvalue weighted by molar-refractivity contribution is -0.159. The quantitative estimate of drug-likeness (QED) is 0.388. The molecule has 0 bridgehead atoms. The SMILES string of the molecule is CC(=O)OCC1=C(C(=O)O)N2C(=O)C(N)(C(C)=O)[C@H]2SC1. The van der Waals surface area contributed by atoms with Crippen LogP contribution in [-0.2, 0) is 23.9 Å². The number of carbonyl (C=O) groups excluding carboxylic acids is 3. The lowest BCUT2D eigenvalue weighted by atomic mass is 9.84. The van der Waals surface area contributed by atoms with Crippen molar-refractivity contribution in [3.63, 3.8) is 0 Å². The maximum atomic E-state index is 12.1. The Morgan fingerprint density at radius 2 is 2.10 bits per heavy atom. The number of ether oxygens (including phenoxy) is 1. The molecule has 114 valence electrons. The van der Waals surface area contributed by atoms with E-state index in [4.69, 9.17) is 10.5 Å². The number of hydrogen-bond acceptors (Lipinski definition) is 7. The number of fused-ring (bicyclic) bond motifs is 1. The first-order chi connectivity index (χ1) is 9.71. The highest BCUT2D eigenvalue weighted by atomic mass is 32.2. The zero-order valence-electron chi connectivity index (χ0n) is 11.4. The van der Waals surface area contributed by atoms with Gasteiger partial charge in [0.2, 0.25) is 0 Å². The number of ketones is 1. The Morgan fingerprint density at radius 1 is 1.48 bits per heavy atom. The normalized spacial score (nSPS) is 27.9. The van der Waals surface area contributed by atoms with E-state index in [1.165, 1.54) is 25.6 Å². The summed E-state index contributed by atoms with van der Waals surface area (Å²) in [5.74, 6) is -2.90. The van der Waals surface area contributed by atoms with E-state index < -0.39 is 34.5 Å². The van der Waals surface area contributed by atoms with Crippen LogP contribution in [0.25, 0.3) is 0 Å². The van der Waals surface area contributed by atoms with Crippen LogP contribution in [-0.4, -0.2) is 56.9 Å². The maximum absolute atomic E-state index is 12.1. The van der Waals surface area contributed by atoms with Crippen molar-refractivity contribution in [2.45, 2.75) is 24.8 Å². The van der Waals surface area contributed by atoms with Crippen LogP contribution in [0.4, 0.5) is 0 Å². The van der Waals surface area contributed by atoms with Gasteiger partial charge in [-0.1, -0.05) is 0 Å². The predicted molar refractivity (Wildman–Crippen MR) is 72.0 cm³/mol. The lowest BCUT2D eigenvalue weighted by Crippen LogP contribution is -2.80. The van der Waals surface area contributed by atoms with E-state index in [-0.39, 0.29) is 18.1 Å². The van der Waals surface area contributed by atoms with Gasteiger partial charge in [0.05, 0.1) is 0 Å². The number of nitrogens with two attached hydrogens (primary N) is 1. The number of carbonyl (C=O) groups is 4. The number of thioether (sulfide) groups is 1. The second kappa shape index (κ2) is 5.15. The van der Waals surface area contributed by atoms with Crippen LogP contribution >= 0.6 is 11.8 Å². The van der Waals surface area contributed by atoms with Crippen molar-refractivity contribution in [3.05, 3.63) is 11.3 Å². The third kappa shape index (κ3) is 2.22. The van der Waals surface area contributed by atoms with Gasteiger partial charge in [-0.2, -0.15) is 0 Å². The second-order valence-electron chi connectivity index (χ2n) is 4.80. The van der Waals surface area contributed by atoms with E-state index in [0.29, 0.717) is 5.57 Å². The van der Waals surface area contributed by atoms with Gasteiger partial charge in [0.25, 0.3) is 5.91 Å². The van der Waals surface area contributed by atoms with Gasteiger partial charge in [-0.15, -0.1) is 11.8 Å². The number of aliphatic carboxylic acids is 1. The van der Waals surface area contributed by atoms with Crippen molar-refractivity contribution < 1.29 is 29.0 Å². The molecule has 8 nitrogen and oxygen atoms in total. The van der Waals surface area contributed by atoms with Crippen molar-refractivity contribution in [2.24, 2.45) is 5.73 Å². The van der Waals surface area contributed by atoms with Gasteiger partial charge in [0.1, 0.15) is 17.7 Å². The molecule has 2 heterocycles. The molecule has 2 atom stereocenters. The number of carboxylic acids is 1. The van der Waals surface area contributed by atoms with Gasteiger partial charge in [-0.3, -0.25) is 19.3 Å². The van der Waals surface area contributed by atoms with Gasteiger partial charge in [-0.25, -0.2) is 4.79 Å². The highest BCUT2D eigenvalue weighted by molar-refractivity contribution is 8.00. The molecule has 0 saturated carbocycles. The molecule has 0 aromatic rings. The number of nitrogens with zero attached hydrogens (tertiary/aromatic N) is 1. The molecule has 0 spiro atoms. The van der Waals surface area contributed by atoms with Gasteiger partial charge in [-0.05, 0) is 6.92 Å². The summed E-state index contributed by atoms with van der Waals surface area (Å²) < 4.78 is 4.79. The average Bonchev–Trinajstić information content (AvgIpc) is 2.41. The summed E-state index contributed by atoms with van der Waals surface area (Å²) in [4.78, 5) is 46.9. The largest absolute Gasteiger partial charge is 0.477 e. The van der Waals surface area contributed by atoms with Crippen LogP contribution in [0.15, 0.2) is 11.3 Å². The summed E-state index contributed by atoms with van der Waals surface area (Å²) in [6.07, 6.45) is 0. The first-order valence-electron chi connectivity index (χ1n) is 6.05. The number of amides is 1. The number of β-lactam (4-membered cyclic amide) rings is 1. The first kappa shape index (κ1) is 15.5. The highest BCUT2D eigenvalue weighted by Gasteiger charge is 2.65. The molecule has 1 unspecified atom stereocenters. The highest BCUT2D eigenvalue weighted by Crippen LogP contribution is 2.45. The summed E-state index contributed by atoms with van der Waals surface area (Å²) in [5.41, 5.74) is 4.18. The fourth-order valence-electron chi connectivity index (χ4n) is 2.27. The number of esters is 1. The molecule has 2 rings (SSSR count). The summed E-state index contributed by atoms with van der Waals surface area (Å²) in [6.45, 7) is 2.20. The molecule has 0 radical (unpaired) electrons. The van der Waals surface area contributed by atoms with E-state index in [1.54, 1.807) is 0 Å². The van der Waals surface area contributed by atoms with Gasteiger partial charge in [0, 0.05) is 18.2 Å². The van der Waals surface area contributed by atoms with Crippen molar-refractivity contribution in [2.75, 3.05) is 12.4 Å². The smallest absolute Gasteiger partial charge is 0.352 e. The minimum Gasteiger partial charge on any atom is -0.477 e. The summed E-state index contributed by atoms with van der Waals surface area (Å²) in [6, 6.07) is 0. The Morgan fingerprint density at radius 3 is 2.57 bits per heavy atom. The van der Waals surface area contributed by atoms with Gasteiger partial charge in [0.15, 0.2) is 11.3 Å². The predicted octanol–water partition coefficient (Wildman–Crippen LogP) is -0.910. The minimum atomic E-state index is -1.68. The molecule has 0 aromatic carbocycles. The molecule has 0 aromatic heterocycles. The fraction of sp³-hybridized carbons (Fsp3) is 0.500. The monoisotopic (exact) mass is 314 g/mol. The molecule has 1 fully saturated rings. The van der Waals surface area contributed by atoms with Crippen LogP contribution in [0.2, 0.25) is 0 Å². The standard InChI is InChI=1S/C12H14N2O6S/c1-5(15)12(13)10(19)14-8(9(17)18)7(3-20-6(2)16)4-21-11(12)14/h11H,3-4,13H2,1-2H3,(H,17,18)/t11-,12?/m1/s1. The van der Waals surface area contributed by atoms with Crippen LogP contribution in [0.5, 0.6) is 0 Å². The summed E-state index contributed by atoms with van der Waals surface area (Å²) >= 11 is 1.18. The zero-order valence-corrected chi connectivity index (χ0v) is 12.2. The number of Topliss-reactive ketones (excluding diaryl/α,β-unsaturated/α-hetero) is 1. The van der Waals surface area contributed by atoms with Crippen molar-refractivity contribution in [1.29, 1.82) is 0 Å². The molecular formula is C12H14N2O6S. The molecule has 1 amide bonds.